The SMILES string of the molecule is Oc1ccccc1-c1cc(-c2cc(C3CCCC3)cc(C3CCCC3)c2)cc(-c2[c-]c(-c3cc(-c4ccc5c(c4)c4ccccc4n5-c4ccccc4)ccn3)ccc2)n1.[Pt]. The molecule has 0 amide bonds. The molecule has 2 aliphatic carbocycles. The van der Waals surface area contributed by atoms with Crippen LogP contribution >= 0.6 is 0 Å². The predicted octanol–water partition coefficient (Wildman–Crippen LogP) is 14.7. The Hall–Kier alpha value is -6.09. The molecule has 2 aliphatic rings. The van der Waals surface area contributed by atoms with E-state index >= 15 is 0 Å². The predicted molar refractivity (Wildman–Crippen MR) is 246 cm³/mol. The third-order valence-corrected chi connectivity index (χ3v) is 13.1. The first-order valence-corrected chi connectivity index (χ1v) is 21.7. The summed E-state index contributed by atoms with van der Waals surface area (Å²) in [5.74, 6) is 1.46. The number of para-hydroxylation sites is 3. The number of aromatic nitrogens is 3. The Kier molecular flexibility index (Phi) is 10.7. The molecule has 2 fully saturated rings. The van der Waals surface area contributed by atoms with E-state index in [1.165, 1.54) is 89.9 Å². The Morgan fingerprint density at radius 2 is 1.10 bits per heavy atom. The second-order valence-electron chi connectivity index (χ2n) is 16.8. The first-order chi connectivity index (χ1) is 29.6. The van der Waals surface area contributed by atoms with Gasteiger partial charge in [-0.3, -0.25) is 9.97 Å². The fourth-order valence-corrected chi connectivity index (χ4v) is 10.0. The van der Waals surface area contributed by atoms with Crippen molar-refractivity contribution >= 4 is 21.8 Å². The molecule has 3 aromatic heterocycles. The number of aromatic hydroxyl groups is 1. The summed E-state index contributed by atoms with van der Waals surface area (Å²) in [4.78, 5) is 10.1. The van der Waals surface area contributed by atoms with Crippen LogP contribution in [0.15, 0.2) is 164 Å². The maximum Gasteiger partial charge on any atom is 0.124 e. The summed E-state index contributed by atoms with van der Waals surface area (Å²) in [5, 5.41) is 13.5. The van der Waals surface area contributed by atoms with Crippen molar-refractivity contribution in [3.05, 3.63) is 181 Å². The topological polar surface area (TPSA) is 50.9 Å². The Morgan fingerprint density at radius 3 is 1.85 bits per heavy atom. The fraction of sp³-hybridized carbons (Fsp3) is 0.179. The van der Waals surface area contributed by atoms with Gasteiger partial charge >= 0.3 is 0 Å². The second-order valence-corrected chi connectivity index (χ2v) is 16.8. The molecule has 302 valence electrons. The summed E-state index contributed by atoms with van der Waals surface area (Å²) >= 11 is 0. The molecule has 0 radical (unpaired) electrons. The van der Waals surface area contributed by atoms with Crippen LogP contribution in [-0.2, 0) is 21.1 Å². The monoisotopic (exact) mass is 971 g/mol. The molecule has 1 N–H and O–H groups in total. The molecule has 61 heavy (non-hydrogen) atoms. The molecule has 9 aromatic rings. The number of phenols is 1. The van der Waals surface area contributed by atoms with Gasteiger partial charge in [-0.05, 0) is 125 Å². The minimum absolute atomic E-state index is 0. The quantitative estimate of drug-likeness (QED) is 0.154. The van der Waals surface area contributed by atoms with E-state index in [4.69, 9.17) is 9.97 Å². The van der Waals surface area contributed by atoms with Gasteiger partial charge in [0.25, 0.3) is 0 Å². The van der Waals surface area contributed by atoms with Crippen LogP contribution < -0.4 is 0 Å². The number of nitrogens with zero attached hydrogens (tertiary/aromatic N) is 3. The average molecular weight is 972 g/mol. The smallest absolute Gasteiger partial charge is 0.124 e. The van der Waals surface area contributed by atoms with E-state index in [1.54, 1.807) is 6.07 Å². The van der Waals surface area contributed by atoms with E-state index in [1.807, 2.05) is 24.4 Å². The van der Waals surface area contributed by atoms with Gasteiger partial charge in [-0.1, -0.05) is 122 Å². The zero-order chi connectivity index (χ0) is 40.0. The van der Waals surface area contributed by atoms with E-state index in [9.17, 15) is 5.11 Å². The van der Waals surface area contributed by atoms with E-state index < -0.39 is 0 Å². The van der Waals surface area contributed by atoms with E-state index in [0.717, 1.165) is 56.1 Å². The second kappa shape index (κ2) is 16.8. The number of benzene rings is 6. The fourth-order valence-electron chi connectivity index (χ4n) is 10.0. The maximum atomic E-state index is 11.1. The molecule has 0 saturated heterocycles. The number of hydrogen-bond donors (Lipinski definition) is 1. The van der Waals surface area contributed by atoms with Gasteiger partial charge in [-0.25, -0.2) is 0 Å². The zero-order valence-corrected chi connectivity index (χ0v) is 36.3. The van der Waals surface area contributed by atoms with Gasteiger partial charge in [-0.15, -0.1) is 24.3 Å². The molecule has 11 rings (SSSR count). The van der Waals surface area contributed by atoms with Crippen LogP contribution in [0.4, 0.5) is 0 Å². The molecule has 3 heterocycles. The number of hydrogen-bond acceptors (Lipinski definition) is 3. The molecule has 6 aromatic carbocycles. The van der Waals surface area contributed by atoms with Crippen LogP contribution in [0.5, 0.6) is 5.75 Å². The van der Waals surface area contributed by atoms with Crippen molar-refractivity contribution in [2.24, 2.45) is 0 Å². The number of pyridine rings is 2. The summed E-state index contributed by atoms with van der Waals surface area (Å²) in [6.07, 6.45) is 12.2. The normalized spacial score (nSPS) is 14.5. The van der Waals surface area contributed by atoms with Gasteiger partial charge in [0.05, 0.1) is 16.7 Å². The molecule has 4 nitrogen and oxygen atoms in total. The Balaban J connectivity index is 0.00000445. The molecule has 5 heteroatoms. The van der Waals surface area contributed by atoms with E-state index in [0.29, 0.717) is 11.8 Å². The third kappa shape index (κ3) is 7.53. The first-order valence-electron chi connectivity index (χ1n) is 21.7. The van der Waals surface area contributed by atoms with Crippen molar-refractivity contribution in [2.75, 3.05) is 0 Å². The van der Waals surface area contributed by atoms with Crippen LogP contribution in [0.2, 0.25) is 0 Å². The number of rotatable bonds is 8. The van der Waals surface area contributed by atoms with Gasteiger partial charge < -0.3 is 9.67 Å². The molecule has 0 unspecified atom stereocenters. The van der Waals surface area contributed by atoms with Crippen LogP contribution in [0.25, 0.3) is 83.5 Å². The Labute approximate surface area is 372 Å². The van der Waals surface area contributed by atoms with Crippen molar-refractivity contribution in [2.45, 2.75) is 63.2 Å². The Bertz CT molecular complexity index is 3000. The first kappa shape index (κ1) is 39.1. The van der Waals surface area contributed by atoms with Gasteiger partial charge in [-0.2, -0.15) is 0 Å². The Morgan fingerprint density at radius 1 is 0.492 bits per heavy atom. The summed E-state index contributed by atoms with van der Waals surface area (Å²) in [7, 11) is 0. The molecule has 0 atom stereocenters. The molecule has 0 spiro atoms. The summed E-state index contributed by atoms with van der Waals surface area (Å²) in [6, 6.07) is 59.5. The van der Waals surface area contributed by atoms with Crippen molar-refractivity contribution in [3.8, 4) is 67.5 Å². The minimum atomic E-state index is 0. The zero-order valence-electron chi connectivity index (χ0n) is 34.0. The van der Waals surface area contributed by atoms with Crippen molar-refractivity contribution in [1.82, 2.24) is 14.5 Å². The van der Waals surface area contributed by atoms with Crippen molar-refractivity contribution in [3.63, 3.8) is 0 Å². The van der Waals surface area contributed by atoms with Gasteiger partial charge in [0.15, 0.2) is 0 Å². The molecular formula is C56H46N3OPt-. The summed E-state index contributed by atoms with van der Waals surface area (Å²) < 4.78 is 2.35. The van der Waals surface area contributed by atoms with Crippen LogP contribution in [-0.4, -0.2) is 19.6 Å². The molecule has 0 aliphatic heterocycles. The van der Waals surface area contributed by atoms with E-state index in [-0.39, 0.29) is 26.8 Å². The minimum Gasteiger partial charge on any atom is -0.507 e. The number of phenolic OH excluding ortho intramolecular Hbond substituents is 1. The molecule has 0 bridgehead atoms. The molecular weight excluding hydrogens is 926 g/mol. The van der Waals surface area contributed by atoms with Crippen LogP contribution in [0.3, 0.4) is 0 Å². The maximum absolute atomic E-state index is 11.1. The van der Waals surface area contributed by atoms with Gasteiger partial charge in [0.1, 0.15) is 5.75 Å². The van der Waals surface area contributed by atoms with Crippen molar-refractivity contribution in [1.29, 1.82) is 0 Å². The summed E-state index contributed by atoms with van der Waals surface area (Å²) in [5.41, 5.74) is 16.0. The average Bonchev–Trinajstić information content (AvgIpc) is 4.12. The van der Waals surface area contributed by atoms with Crippen molar-refractivity contribution < 1.29 is 26.2 Å². The summed E-state index contributed by atoms with van der Waals surface area (Å²) in [6.45, 7) is 0. The molecule has 2 saturated carbocycles. The van der Waals surface area contributed by atoms with E-state index in [2.05, 4.69) is 144 Å². The van der Waals surface area contributed by atoms with Gasteiger partial charge in [0, 0.05) is 60.7 Å². The van der Waals surface area contributed by atoms with Crippen LogP contribution in [0, 0.1) is 6.07 Å². The standard InChI is InChI=1S/C56H46N3O.Pt/c60-56-24-11-9-22-49(56)53-36-46(45-31-43(37-13-4-5-14-37)30-44(32-45)38-15-6-7-16-38)35-52(58-53)42-18-12-17-41(29-42)51-34-40(27-28-57-51)39-25-26-55-50(33-39)48-21-8-10-23-54(48)59(55)47-19-2-1-3-20-47;/h1-3,8-12,17-28,30-38,60H,4-7,13-16H2;/q-1;. The largest absolute Gasteiger partial charge is 0.507 e. The van der Waals surface area contributed by atoms with Crippen LogP contribution in [0.1, 0.15) is 74.3 Å². The third-order valence-electron chi connectivity index (χ3n) is 13.1. The number of fused-ring (bicyclic) bond motifs is 3. The van der Waals surface area contributed by atoms with Gasteiger partial charge in [0.2, 0.25) is 0 Å².